The van der Waals surface area contributed by atoms with Gasteiger partial charge in [-0.05, 0) is 55.1 Å². The summed E-state index contributed by atoms with van der Waals surface area (Å²) in [6.07, 6.45) is 4.79. The number of aliphatic hydroxyl groups excluding tert-OH is 1. The Balaban J connectivity index is 1.55. The number of hydrogen-bond acceptors (Lipinski definition) is 5. The second-order valence-corrected chi connectivity index (χ2v) is 9.98. The van der Waals surface area contributed by atoms with Crippen molar-refractivity contribution in [1.82, 2.24) is 14.2 Å². The van der Waals surface area contributed by atoms with Gasteiger partial charge in [-0.3, -0.25) is 4.90 Å². The standard InChI is InChI=1S/C23H27N3O3S/c1-30(28,29)25-14-4-5-15-26-21(16-25)23(22(26)17-27)19-10-7-18(8-11-19)9-12-20-6-2-3-13-24-20/h2-3,6-8,10-11,13,21-23,27H,4-5,14-17H2,1H3/t21-,22-,23+/m1/s1. The van der Waals surface area contributed by atoms with E-state index in [4.69, 9.17) is 0 Å². The molecule has 158 valence electrons. The van der Waals surface area contributed by atoms with Crippen LogP contribution in [0.25, 0.3) is 0 Å². The van der Waals surface area contributed by atoms with Crippen LogP contribution in [0.2, 0.25) is 0 Å². The topological polar surface area (TPSA) is 73.7 Å². The maximum absolute atomic E-state index is 12.2. The number of aromatic nitrogens is 1. The van der Waals surface area contributed by atoms with E-state index in [1.165, 1.54) is 6.26 Å². The van der Waals surface area contributed by atoms with Crippen LogP contribution in [0.1, 0.15) is 35.6 Å². The maximum Gasteiger partial charge on any atom is 0.211 e. The number of fused-ring (bicyclic) bond motifs is 1. The largest absolute Gasteiger partial charge is 0.395 e. The van der Waals surface area contributed by atoms with Gasteiger partial charge in [-0.2, -0.15) is 0 Å². The summed E-state index contributed by atoms with van der Waals surface area (Å²) in [5, 5.41) is 10.0. The van der Waals surface area contributed by atoms with Crippen molar-refractivity contribution in [3.8, 4) is 11.8 Å². The van der Waals surface area contributed by atoms with Crippen molar-refractivity contribution in [1.29, 1.82) is 0 Å². The molecule has 2 fully saturated rings. The zero-order chi connectivity index (χ0) is 21.1. The molecular formula is C23H27N3O3S. The minimum atomic E-state index is -3.24. The summed E-state index contributed by atoms with van der Waals surface area (Å²) in [7, 11) is -3.24. The Morgan fingerprint density at radius 3 is 2.53 bits per heavy atom. The zero-order valence-electron chi connectivity index (χ0n) is 17.1. The molecule has 2 saturated heterocycles. The Morgan fingerprint density at radius 1 is 1.10 bits per heavy atom. The first kappa shape index (κ1) is 21.0. The molecule has 4 rings (SSSR count). The van der Waals surface area contributed by atoms with E-state index in [2.05, 4.69) is 33.9 Å². The van der Waals surface area contributed by atoms with Gasteiger partial charge < -0.3 is 5.11 Å². The fourth-order valence-electron chi connectivity index (χ4n) is 4.57. The van der Waals surface area contributed by atoms with Gasteiger partial charge in [0.05, 0.1) is 12.9 Å². The highest BCUT2D eigenvalue weighted by atomic mass is 32.2. The molecule has 0 unspecified atom stereocenters. The first-order chi connectivity index (χ1) is 14.5. The zero-order valence-corrected chi connectivity index (χ0v) is 17.9. The smallest absolute Gasteiger partial charge is 0.211 e. The highest BCUT2D eigenvalue weighted by Gasteiger charge is 2.49. The molecular weight excluding hydrogens is 398 g/mol. The number of sulfonamides is 1. The molecule has 2 aliphatic rings. The second kappa shape index (κ2) is 8.86. The van der Waals surface area contributed by atoms with E-state index in [-0.39, 0.29) is 24.6 Å². The van der Waals surface area contributed by atoms with Gasteiger partial charge in [0.25, 0.3) is 0 Å². The van der Waals surface area contributed by atoms with Crippen molar-refractivity contribution < 1.29 is 13.5 Å². The fraction of sp³-hybridized carbons (Fsp3) is 0.435. The summed E-state index contributed by atoms with van der Waals surface area (Å²) in [5.74, 6) is 6.29. The van der Waals surface area contributed by atoms with Gasteiger partial charge in [-0.1, -0.05) is 24.1 Å². The van der Waals surface area contributed by atoms with E-state index in [0.29, 0.717) is 13.1 Å². The van der Waals surface area contributed by atoms with Gasteiger partial charge >= 0.3 is 0 Å². The first-order valence-electron chi connectivity index (χ1n) is 10.3. The quantitative estimate of drug-likeness (QED) is 0.758. The van der Waals surface area contributed by atoms with E-state index in [9.17, 15) is 13.5 Å². The number of aliphatic hydroxyl groups is 1. The number of pyridine rings is 1. The van der Waals surface area contributed by atoms with E-state index < -0.39 is 10.0 Å². The third-order valence-electron chi connectivity index (χ3n) is 6.10. The lowest BCUT2D eigenvalue weighted by Gasteiger charge is -2.57. The van der Waals surface area contributed by atoms with Crippen molar-refractivity contribution >= 4 is 10.0 Å². The molecule has 1 aromatic heterocycles. The predicted molar refractivity (Wildman–Crippen MR) is 116 cm³/mol. The summed E-state index contributed by atoms with van der Waals surface area (Å²) in [4.78, 5) is 6.49. The van der Waals surface area contributed by atoms with Crippen molar-refractivity contribution in [2.24, 2.45) is 0 Å². The summed E-state index contributed by atoms with van der Waals surface area (Å²) < 4.78 is 26.0. The van der Waals surface area contributed by atoms with Crippen molar-refractivity contribution in [2.45, 2.75) is 30.8 Å². The van der Waals surface area contributed by atoms with Crippen LogP contribution >= 0.6 is 0 Å². The molecule has 3 heterocycles. The van der Waals surface area contributed by atoms with E-state index >= 15 is 0 Å². The van der Waals surface area contributed by atoms with Crippen LogP contribution in [0, 0.1) is 11.8 Å². The van der Waals surface area contributed by atoms with Gasteiger partial charge in [0.1, 0.15) is 5.69 Å². The van der Waals surface area contributed by atoms with Crippen LogP contribution in [0.5, 0.6) is 0 Å². The Labute approximate surface area is 178 Å². The normalized spacial score (nSPS) is 25.2. The second-order valence-electron chi connectivity index (χ2n) is 8.00. The third kappa shape index (κ3) is 4.42. The average molecular weight is 426 g/mol. The molecule has 0 amide bonds. The minimum Gasteiger partial charge on any atom is -0.395 e. The Bertz CT molecular complexity index is 1030. The van der Waals surface area contributed by atoms with Crippen LogP contribution in [-0.2, 0) is 10.0 Å². The summed E-state index contributed by atoms with van der Waals surface area (Å²) in [5.41, 5.74) is 2.75. The molecule has 30 heavy (non-hydrogen) atoms. The minimum absolute atomic E-state index is 0.0277. The average Bonchev–Trinajstić information content (AvgIpc) is 2.72. The number of rotatable bonds is 3. The maximum atomic E-state index is 12.2. The SMILES string of the molecule is CS(=O)(=O)N1CCCCN2[C@H](CO)[C@@H](c3ccc(C#Cc4ccccn4)cc3)[C@H]2C1. The molecule has 7 heteroatoms. The molecule has 2 aromatic rings. The number of nitrogens with zero attached hydrogens (tertiary/aromatic N) is 3. The molecule has 3 atom stereocenters. The molecule has 2 aliphatic heterocycles. The van der Waals surface area contributed by atoms with Crippen molar-refractivity contribution in [3.05, 3.63) is 65.5 Å². The molecule has 1 aromatic carbocycles. The number of benzene rings is 1. The van der Waals surface area contributed by atoms with E-state index in [0.717, 1.165) is 36.2 Å². The van der Waals surface area contributed by atoms with E-state index in [1.54, 1.807) is 10.5 Å². The Hall–Kier alpha value is -2.24. The third-order valence-corrected chi connectivity index (χ3v) is 7.37. The van der Waals surface area contributed by atoms with Crippen LogP contribution in [-0.4, -0.2) is 72.3 Å². The summed E-state index contributed by atoms with van der Waals surface area (Å²) in [6.45, 7) is 2.02. The predicted octanol–water partition coefficient (Wildman–Crippen LogP) is 1.67. The molecule has 6 nitrogen and oxygen atoms in total. The van der Waals surface area contributed by atoms with Gasteiger partial charge in [-0.15, -0.1) is 0 Å². The first-order valence-corrected chi connectivity index (χ1v) is 12.2. The lowest BCUT2D eigenvalue weighted by molar-refractivity contribution is -0.0553. The van der Waals surface area contributed by atoms with Crippen LogP contribution in [0.4, 0.5) is 0 Å². The van der Waals surface area contributed by atoms with Gasteiger partial charge in [-0.25, -0.2) is 17.7 Å². The van der Waals surface area contributed by atoms with Crippen LogP contribution in [0.3, 0.4) is 0 Å². The number of hydrogen-bond donors (Lipinski definition) is 1. The molecule has 0 spiro atoms. The molecule has 0 saturated carbocycles. The monoisotopic (exact) mass is 425 g/mol. The lowest BCUT2D eigenvalue weighted by atomic mass is 9.74. The lowest BCUT2D eigenvalue weighted by Crippen LogP contribution is -2.67. The summed E-state index contributed by atoms with van der Waals surface area (Å²) in [6, 6.07) is 13.8. The van der Waals surface area contributed by atoms with Gasteiger partial charge in [0.15, 0.2) is 0 Å². The highest BCUT2D eigenvalue weighted by Crippen LogP contribution is 2.42. The van der Waals surface area contributed by atoms with Crippen molar-refractivity contribution in [2.75, 3.05) is 32.5 Å². The fourth-order valence-corrected chi connectivity index (χ4v) is 5.46. The summed E-state index contributed by atoms with van der Waals surface area (Å²) >= 11 is 0. The molecule has 1 N–H and O–H groups in total. The molecule has 0 bridgehead atoms. The van der Waals surface area contributed by atoms with Crippen molar-refractivity contribution in [3.63, 3.8) is 0 Å². The van der Waals surface area contributed by atoms with Gasteiger partial charge in [0, 0.05) is 42.9 Å². The molecule has 0 aliphatic carbocycles. The van der Waals surface area contributed by atoms with Crippen LogP contribution < -0.4 is 0 Å². The van der Waals surface area contributed by atoms with E-state index in [1.807, 2.05) is 30.3 Å². The van der Waals surface area contributed by atoms with Crippen LogP contribution in [0.15, 0.2) is 48.7 Å². The Kier molecular flexibility index (Phi) is 6.21. The van der Waals surface area contributed by atoms with Gasteiger partial charge in [0.2, 0.25) is 10.0 Å². The highest BCUT2D eigenvalue weighted by molar-refractivity contribution is 7.88. The Morgan fingerprint density at radius 2 is 1.87 bits per heavy atom. The molecule has 0 radical (unpaired) electrons.